The number of halogens is 2. The SMILES string of the molecule is Cc1cc(N=C2C(=O)Nc3c2ccc(Cl)c3C)cc(C)c1Br. The summed E-state index contributed by atoms with van der Waals surface area (Å²) >= 11 is 9.65. The van der Waals surface area contributed by atoms with Crippen LogP contribution in [-0.4, -0.2) is 11.6 Å². The van der Waals surface area contributed by atoms with E-state index in [4.69, 9.17) is 11.6 Å². The summed E-state index contributed by atoms with van der Waals surface area (Å²) in [5.74, 6) is -0.196. The molecule has 0 spiro atoms. The Morgan fingerprint density at radius 3 is 2.41 bits per heavy atom. The molecule has 0 atom stereocenters. The molecule has 2 aromatic carbocycles. The number of fused-ring (bicyclic) bond motifs is 1. The van der Waals surface area contributed by atoms with Gasteiger partial charge in [0, 0.05) is 15.1 Å². The van der Waals surface area contributed by atoms with Crippen LogP contribution in [0.15, 0.2) is 33.7 Å². The number of hydrogen-bond acceptors (Lipinski definition) is 2. The van der Waals surface area contributed by atoms with Gasteiger partial charge in [-0.2, -0.15) is 0 Å². The highest BCUT2D eigenvalue weighted by Crippen LogP contribution is 2.34. The molecular formula is C17H14BrClN2O. The Hall–Kier alpha value is -1.65. The van der Waals surface area contributed by atoms with Gasteiger partial charge in [-0.3, -0.25) is 4.79 Å². The molecule has 112 valence electrons. The van der Waals surface area contributed by atoms with Gasteiger partial charge >= 0.3 is 0 Å². The van der Waals surface area contributed by atoms with Crippen molar-refractivity contribution >= 4 is 50.5 Å². The van der Waals surface area contributed by atoms with Crippen LogP contribution in [0, 0.1) is 20.8 Å². The average Bonchev–Trinajstić information content (AvgIpc) is 2.78. The number of aryl methyl sites for hydroxylation is 2. The minimum absolute atomic E-state index is 0.196. The van der Waals surface area contributed by atoms with Crippen molar-refractivity contribution in [2.45, 2.75) is 20.8 Å². The molecule has 1 amide bonds. The molecule has 0 unspecified atom stereocenters. The molecule has 3 rings (SSSR count). The first kappa shape index (κ1) is 15.3. The third-order valence-electron chi connectivity index (χ3n) is 3.77. The lowest BCUT2D eigenvalue weighted by Crippen LogP contribution is -2.14. The number of nitrogens with one attached hydrogen (secondary N) is 1. The Kier molecular flexibility index (Phi) is 3.83. The molecule has 0 saturated heterocycles. The van der Waals surface area contributed by atoms with E-state index in [2.05, 4.69) is 26.2 Å². The number of anilines is 1. The van der Waals surface area contributed by atoms with Crippen molar-refractivity contribution in [3.05, 3.63) is 56.0 Å². The first-order valence-corrected chi connectivity index (χ1v) is 8.02. The lowest BCUT2D eigenvalue weighted by molar-refractivity contribution is -0.110. The van der Waals surface area contributed by atoms with E-state index in [-0.39, 0.29) is 5.91 Å². The van der Waals surface area contributed by atoms with Gasteiger partial charge in [0.2, 0.25) is 0 Å². The van der Waals surface area contributed by atoms with Crippen molar-refractivity contribution in [1.82, 2.24) is 0 Å². The Bertz CT molecular complexity index is 820. The second kappa shape index (κ2) is 5.52. The minimum Gasteiger partial charge on any atom is -0.320 e. The summed E-state index contributed by atoms with van der Waals surface area (Å²) < 4.78 is 1.07. The highest BCUT2D eigenvalue weighted by molar-refractivity contribution is 9.10. The van der Waals surface area contributed by atoms with Crippen molar-refractivity contribution < 1.29 is 4.79 Å². The molecule has 22 heavy (non-hydrogen) atoms. The third-order valence-corrected chi connectivity index (χ3v) is 5.43. The molecule has 0 radical (unpaired) electrons. The van der Waals surface area contributed by atoms with Gasteiger partial charge in [0.05, 0.1) is 11.4 Å². The van der Waals surface area contributed by atoms with Crippen LogP contribution in [0.4, 0.5) is 11.4 Å². The predicted molar refractivity (Wildman–Crippen MR) is 94.6 cm³/mol. The maximum Gasteiger partial charge on any atom is 0.275 e. The zero-order chi connectivity index (χ0) is 16.0. The number of nitrogens with zero attached hydrogens (tertiary/aromatic N) is 1. The molecule has 0 bridgehead atoms. The molecule has 0 saturated carbocycles. The first-order valence-electron chi connectivity index (χ1n) is 6.84. The molecule has 1 N–H and O–H groups in total. The van der Waals surface area contributed by atoms with Crippen LogP contribution in [0.25, 0.3) is 0 Å². The van der Waals surface area contributed by atoms with Crippen LogP contribution in [0.5, 0.6) is 0 Å². The van der Waals surface area contributed by atoms with Crippen molar-refractivity contribution in [3.63, 3.8) is 0 Å². The Morgan fingerprint density at radius 2 is 1.77 bits per heavy atom. The fraction of sp³-hybridized carbons (Fsp3) is 0.176. The molecule has 1 aliphatic rings. The van der Waals surface area contributed by atoms with Crippen LogP contribution >= 0.6 is 27.5 Å². The monoisotopic (exact) mass is 376 g/mol. The Labute approximate surface area is 142 Å². The summed E-state index contributed by atoms with van der Waals surface area (Å²) in [6.45, 7) is 5.90. The maximum absolute atomic E-state index is 12.2. The van der Waals surface area contributed by atoms with E-state index in [1.54, 1.807) is 6.07 Å². The van der Waals surface area contributed by atoms with Gasteiger partial charge in [0.1, 0.15) is 5.71 Å². The number of carbonyl (C=O) groups is 1. The third kappa shape index (κ3) is 2.46. The number of rotatable bonds is 1. The molecular weight excluding hydrogens is 364 g/mol. The highest BCUT2D eigenvalue weighted by Gasteiger charge is 2.28. The van der Waals surface area contributed by atoms with Gasteiger partial charge in [-0.15, -0.1) is 0 Å². The standard InChI is InChI=1S/C17H14BrClN2O/c1-8-6-11(7-9(2)14(8)18)20-16-12-4-5-13(19)10(3)15(12)21-17(16)22/h4-7H,1-3H3,(H,20,21,22). The van der Waals surface area contributed by atoms with Crippen molar-refractivity contribution in [1.29, 1.82) is 0 Å². The van der Waals surface area contributed by atoms with Crippen molar-refractivity contribution in [2.75, 3.05) is 5.32 Å². The van der Waals surface area contributed by atoms with E-state index in [0.29, 0.717) is 10.7 Å². The van der Waals surface area contributed by atoms with Gasteiger partial charge in [-0.25, -0.2) is 4.99 Å². The largest absolute Gasteiger partial charge is 0.320 e. The van der Waals surface area contributed by atoms with Crippen LogP contribution in [0.1, 0.15) is 22.3 Å². The highest BCUT2D eigenvalue weighted by atomic mass is 79.9. The van der Waals surface area contributed by atoms with Gasteiger partial charge in [0.15, 0.2) is 0 Å². The van der Waals surface area contributed by atoms with Gasteiger partial charge in [-0.05, 0) is 61.7 Å². The molecule has 0 aliphatic carbocycles. The van der Waals surface area contributed by atoms with E-state index < -0.39 is 0 Å². The number of hydrogen-bond donors (Lipinski definition) is 1. The second-order valence-electron chi connectivity index (χ2n) is 5.40. The van der Waals surface area contributed by atoms with E-state index in [1.807, 2.05) is 39.0 Å². The zero-order valence-electron chi connectivity index (χ0n) is 12.4. The lowest BCUT2D eigenvalue weighted by Gasteiger charge is -2.06. The lowest BCUT2D eigenvalue weighted by atomic mass is 10.1. The fourth-order valence-electron chi connectivity index (χ4n) is 2.57. The zero-order valence-corrected chi connectivity index (χ0v) is 14.8. The van der Waals surface area contributed by atoms with Crippen molar-refractivity contribution in [3.8, 4) is 0 Å². The summed E-state index contributed by atoms with van der Waals surface area (Å²) in [6.07, 6.45) is 0. The van der Waals surface area contributed by atoms with Crippen LogP contribution < -0.4 is 5.32 Å². The smallest absolute Gasteiger partial charge is 0.275 e. The second-order valence-corrected chi connectivity index (χ2v) is 6.60. The maximum atomic E-state index is 12.2. The summed E-state index contributed by atoms with van der Waals surface area (Å²) in [6, 6.07) is 7.54. The molecule has 5 heteroatoms. The number of carbonyl (C=O) groups excluding carboxylic acids is 1. The quantitative estimate of drug-likeness (QED) is 0.738. The Morgan fingerprint density at radius 1 is 1.14 bits per heavy atom. The first-order chi connectivity index (χ1) is 10.4. The van der Waals surface area contributed by atoms with Crippen molar-refractivity contribution in [2.24, 2.45) is 4.99 Å². The van der Waals surface area contributed by atoms with Gasteiger partial charge in [-0.1, -0.05) is 27.5 Å². The van der Waals surface area contributed by atoms with E-state index >= 15 is 0 Å². The predicted octanol–water partition coefficient (Wildman–Crippen LogP) is 5.10. The Balaban J connectivity index is 2.14. The number of aliphatic imine (C=N–C) groups is 1. The summed E-state index contributed by atoms with van der Waals surface area (Å²) in [4.78, 5) is 16.8. The normalized spacial score (nSPS) is 15.1. The van der Waals surface area contributed by atoms with E-state index in [9.17, 15) is 4.79 Å². The molecule has 0 fully saturated rings. The van der Waals surface area contributed by atoms with Gasteiger partial charge in [0.25, 0.3) is 5.91 Å². The minimum atomic E-state index is -0.196. The van der Waals surface area contributed by atoms with E-state index in [1.165, 1.54) is 0 Å². The number of benzene rings is 2. The average molecular weight is 378 g/mol. The van der Waals surface area contributed by atoms with Crippen LogP contribution in [-0.2, 0) is 4.79 Å². The topological polar surface area (TPSA) is 41.5 Å². The van der Waals surface area contributed by atoms with Gasteiger partial charge < -0.3 is 5.32 Å². The summed E-state index contributed by atoms with van der Waals surface area (Å²) in [5, 5.41) is 3.49. The fourth-order valence-corrected chi connectivity index (χ4v) is 2.95. The number of amides is 1. The summed E-state index contributed by atoms with van der Waals surface area (Å²) in [5.41, 5.74) is 5.78. The molecule has 1 aliphatic heterocycles. The molecule has 0 aromatic heterocycles. The van der Waals surface area contributed by atoms with Crippen LogP contribution in [0.3, 0.4) is 0 Å². The van der Waals surface area contributed by atoms with Crippen LogP contribution in [0.2, 0.25) is 5.02 Å². The molecule has 3 nitrogen and oxygen atoms in total. The van der Waals surface area contributed by atoms with E-state index in [0.717, 1.165) is 38.1 Å². The summed E-state index contributed by atoms with van der Waals surface area (Å²) in [7, 11) is 0. The molecule has 2 aromatic rings. The molecule has 1 heterocycles.